The molecular formula is C22H30O3. The van der Waals surface area contributed by atoms with Gasteiger partial charge < -0.3 is 14.2 Å². The fourth-order valence-electron chi connectivity index (χ4n) is 2.43. The summed E-state index contributed by atoms with van der Waals surface area (Å²) < 4.78 is 17.3. The van der Waals surface area contributed by atoms with E-state index in [1.165, 1.54) is 25.7 Å². The molecule has 0 saturated heterocycles. The van der Waals surface area contributed by atoms with Gasteiger partial charge in [-0.3, -0.25) is 0 Å². The van der Waals surface area contributed by atoms with Gasteiger partial charge in [-0.25, -0.2) is 0 Å². The molecule has 0 saturated carbocycles. The van der Waals surface area contributed by atoms with Gasteiger partial charge in [-0.15, -0.1) is 0 Å². The van der Waals surface area contributed by atoms with Crippen LogP contribution in [-0.4, -0.2) is 13.2 Å². The highest BCUT2D eigenvalue weighted by atomic mass is 16.5. The molecule has 2 aromatic rings. The molecule has 2 rings (SSSR count). The van der Waals surface area contributed by atoms with Crippen molar-refractivity contribution in [3.63, 3.8) is 0 Å². The molecule has 0 bridgehead atoms. The van der Waals surface area contributed by atoms with Crippen molar-refractivity contribution in [3.8, 4) is 23.0 Å². The molecule has 0 fully saturated rings. The highest BCUT2D eigenvalue weighted by Crippen LogP contribution is 2.25. The van der Waals surface area contributed by atoms with Gasteiger partial charge in [0.05, 0.1) is 13.2 Å². The first-order chi connectivity index (χ1) is 12.3. The van der Waals surface area contributed by atoms with E-state index in [9.17, 15) is 0 Å². The molecule has 136 valence electrons. The van der Waals surface area contributed by atoms with Crippen molar-refractivity contribution in [1.29, 1.82) is 0 Å². The largest absolute Gasteiger partial charge is 0.494 e. The highest BCUT2D eigenvalue weighted by Gasteiger charge is 2.00. The molecule has 0 unspecified atom stereocenters. The van der Waals surface area contributed by atoms with Gasteiger partial charge in [0.15, 0.2) is 0 Å². The fraction of sp³-hybridized carbons (Fsp3) is 0.455. The molecule has 3 nitrogen and oxygen atoms in total. The van der Waals surface area contributed by atoms with E-state index < -0.39 is 0 Å². The third-order valence-electron chi connectivity index (χ3n) is 3.92. The molecule has 0 atom stereocenters. The zero-order valence-corrected chi connectivity index (χ0v) is 15.5. The van der Waals surface area contributed by atoms with E-state index in [1.807, 2.05) is 48.5 Å². The summed E-state index contributed by atoms with van der Waals surface area (Å²) in [6, 6.07) is 15.5. The first-order valence-corrected chi connectivity index (χ1v) is 9.45. The molecule has 0 aromatic heterocycles. The summed E-state index contributed by atoms with van der Waals surface area (Å²) in [5.41, 5.74) is 0. The molecule has 0 N–H and O–H groups in total. The summed E-state index contributed by atoms with van der Waals surface area (Å²) in [5, 5.41) is 0. The van der Waals surface area contributed by atoms with E-state index in [0.29, 0.717) is 0 Å². The maximum Gasteiger partial charge on any atom is 0.127 e. The first-order valence-electron chi connectivity index (χ1n) is 9.45. The molecule has 3 heteroatoms. The second-order valence-corrected chi connectivity index (χ2v) is 6.16. The molecule has 0 heterocycles. The van der Waals surface area contributed by atoms with E-state index in [0.717, 1.165) is 49.1 Å². The molecule has 25 heavy (non-hydrogen) atoms. The number of hydrogen-bond acceptors (Lipinski definition) is 3. The summed E-state index contributed by atoms with van der Waals surface area (Å²) in [4.78, 5) is 0. The normalized spacial score (nSPS) is 10.5. The van der Waals surface area contributed by atoms with Crippen molar-refractivity contribution in [3.05, 3.63) is 48.5 Å². The Hall–Kier alpha value is -2.16. The fourth-order valence-corrected chi connectivity index (χ4v) is 2.43. The minimum absolute atomic E-state index is 0.772. The van der Waals surface area contributed by atoms with Crippen LogP contribution in [0.15, 0.2) is 48.5 Å². The van der Waals surface area contributed by atoms with E-state index in [2.05, 4.69) is 13.8 Å². The molecular weight excluding hydrogens is 312 g/mol. The van der Waals surface area contributed by atoms with E-state index in [1.54, 1.807) is 0 Å². The SMILES string of the molecule is CCCCCOc1ccc(Oc2ccc(OCCCCC)cc2)cc1. The molecule has 0 aliphatic heterocycles. The van der Waals surface area contributed by atoms with Crippen molar-refractivity contribution < 1.29 is 14.2 Å². The Balaban J connectivity index is 1.77. The second-order valence-electron chi connectivity index (χ2n) is 6.16. The number of unbranched alkanes of at least 4 members (excludes halogenated alkanes) is 4. The van der Waals surface area contributed by atoms with Gasteiger partial charge in [-0.05, 0) is 61.4 Å². The van der Waals surface area contributed by atoms with Gasteiger partial charge in [-0.2, -0.15) is 0 Å². The van der Waals surface area contributed by atoms with E-state index in [4.69, 9.17) is 14.2 Å². The number of benzene rings is 2. The van der Waals surface area contributed by atoms with Gasteiger partial charge in [0.25, 0.3) is 0 Å². The standard InChI is InChI=1S/C22H30O3/c1-3-5-7-17-23-19-9-13-21(14-10-19)25-22-15-11-20(12-16-22)24-18-8-6-4-2/h9-16H,3-8,17-18H2,1-2H3. The van der Waals surface area contributed by atoms with Crippen LogP contribution in [0.4, 0.5) is 0 Å². The van der Waals surface area contributed by atoms with Crippen LogP contribution in [0.25, 0.3) is 0 Å². The van der Waals surface area contributed by atoms with Crippen molar-refractivity contribution >= 4 is 0 Å². The van der Waals surface area contributed by atoms with Crippen molar-refractivity contribution in [2.45, 2.75) is 52.4 Å². The monoisotopic (exact) mass is 342 g/mol. The smallest absolute Gasteiger partial charge is 0.127 e. The zero-order valence-electron chi connectivity index (χ0n) is 15.5. The number of hydrogen-bond donors (Lipinski definition) is 0. The second kappa shape index (κ2) is 11.4. The highest BCUT2D eigenvalue weighted by molar-refractivity contribution is 5.37. The van der Waals surface area contributed by atoms with Crippen LogP contribution in [0.5, 0.6) is 23.0 Å². The van der Waals surface area contributed by atoms with Crippen LogP contribution in [0, 0.1) is 0 Å². The summed E-state index contributed by atoms with van der Waals surface area (Å²) in [5.74, 6) is 3.38. The van der Waals surface area contributed by atoms with Crippen LogP contribution >= 0.6 is 0 Å². The van der Waals surface area contributed by atoms with Crippen LogP contribution < -0.4 is 14.2 Å². The molecule has 2 aromatic carbocycles. The lowest BCUT2D eigenvalue weighted by atomic mass is 10.2. The van der Waals surface area contributed by atoms with Crippen molar-refractivity contribution in [2.75, 3.05) is 13.2 Å². The Labute approximate surface area is 151 Å². The van der Waals surface area contributed by atoms with Gasteiger partial charge >= 0.3 is 0 Å². The predicted molar refractivity (Wildman–Crippen MR) is 103 cm³/mol. The molecule has 0 amide bonds. The number of rotatable bonds is 12. The number of ether oxygens (including phenoxy) is 3. The molecule has 0 aliphatic carbocycles. The summed E-state index contributed by atoms with van der Waals surface area (Å²) >= 11 is 0. The lowest BCUT2D eigenvalue weighted by Crippen LogP contribution is -1.97. The van der Waals surface area contributed by atoms with Gasteiger partial charge in [0.2, 0.25) is 0 Å². The Morgan fingerprint density at radius 1 is 0.520 bits per heavy atom. The van der Waals surface area contributed by atoms with Gasteiger partial charge in [0.1, 0.15) is 23.0 Å². The molecule has 0 radical (unpaired) electrons. The molecule has 0 aliphatic rings. The molecule has 0 spiro atoms. The zero-order chi connectivity index (χ0) is 17.7. The summed E-state index contributed by atoms with van der Waals surface area (Å²) in [6.45, 7) is 5.93. The van der Waals surface area contributed by atoms with Crippen LogP contribution in [-0.2, 0) is 0 Å². The Kier molecular flexibility index (Phi) is 8.74. The Bertz CT molecular complexity index is 522. The maximum atomic E-state index is 5.86. The summed E-state index contributed by atoms with van der Waals surface area (Å²) in [6.07, 6.45) is 7.03. The predicted octanol–water partition coefficient (Wildman–Crippen LogP) is 6.62. The third kappa shape index (κ3) is 7.51. The first kappa shape index (κ1) is 19.2. The third-order valence-corrected chi connectivity index (χ3v) is 3.92. The Morgan fingerprint density at radius 3 is 1.24 bits per heavy atom. The van der Waals surface area contributed by atoms with E-state index >= 15 is 0 Å². The minimum Gasteiger partial charge on any atom is -0.494 e. The minimum atomic E-state index is 0.772. The van der Waals surface area contributed by atoms with Crippen molar-refractivity contribution in [2.24, 2.45) is 0 Å². The van der Waals surface area contributed by atoms with Crippen LogP contribution in [0.1, 0.15) is 52.4 Å². The maximum absolute atomic E-state index is 5.86. The van der Waals surface area contributed by atoms with Gasteiger partial charge in [-0.1, -0.05) is 39.5 Å². The quantitative estimate of drug-likeness (QED) is 0.406. The lowest BCUT2D eigenvalue weighted by Gasteiger charge is -2.09. The average molecular weight is 342 g/mol. The Morgan fingerprint density at radius 2 is 0.880 bits per heavy atom. The van der Waals surface area contributed by atoms with Crippen LogP contribution in [0.2, 0.25) is 0 Å². The average Bonchev–Trinajstić information content (AvgIpc) is 2.65. The van der Waals surface area contributed by atoms with E-state index in [-0.39, 0.29) is 0 Å². The van der Waals surface area contributed by atoms with Crippen molar-refractivity contribution in [1.82, 2.24) is 0 Å². The van der Waals surface area contributed by atoms with Gasteiger partial charge in [0, 0.05) is 0 Å². The lowest BCUT2D eigenvalue weighted by molar-refractivity contribution is 0.305. The topological polar surface area (TPSA) is 27.7 Å². The van der Waals surface area contributed by atoms with Crippen LogP contribution in [0.3, 0.4) is 0 Å². The summed E-state index contributed by atoms with van der Waals surface area (Å²) in [7, 11) is 0.